The number of pyridine rings is 2. The van der Waals surface area contributed by atoms with E-state index < -0.39 is 22.6 Å². The first-order valence-electron chi connectivity index (χ1n) is 9.42. The molecule has 6 N–H and O–H groups in total. The van der Waals surface area contributed by atoms with Crippen molar-refractivity contribution in [3.63, 3.8) is 0 Å². The van der Waals surface area contributed by atoms with Crippen LogP contribution in [0.1, 0.15) is 6.42 Å². The summed E-state index contributed by atoms with van der Waals surface area (Å²) < 4.78 is 0. The molecule has 0 saturated carbocycles. The summed E-state index contributed by atoms with van der Waals surface area (Å²) in [6.45, 7) is 0.584. The van der Waals surface area contributed by atoms with E-state index >= 15 is 0 Å². The van der Waals surface area contributed by atoms with Gasteiger partial charge in [-0.15, -0.1) is 0 Å². The summed E-state index contributed by atoms with van der Waals surface area (Å²) in [5.74, 6) is -2.40. The third kappa shape index (κ3) is 18.3. The topological polar surface area (TPSA) is 275 Å². The number of para-hydroxylation sites is 2. The molecule has 0 unspecified atom stereocenters. The van der Waals surface area contributed by atoms with E-state index in [0.29, 0.717) is 13.0 Å². The minimum Gasteiger partial charge on any atom is -0.871 e. The summed E-state index contributed by atoms with van der Waals surface area (Å²) in [6, 6.07) is 17.3. The van der Waals surface area contributed by atoms with Gasteiger partial charge >= 0.3 is 34.1 Å². The summed E-state index contributed by atoms with van der Waals surface area (Å²) in [6.07, 6.45) is 4.06. The number of nitrogens with two attached hydrogens (primary N) is 1. The Bertz CT molecular complexity index is 1010. The second-order valence-electron chi connectivity index (χ2n) is 5.87. The van der Waals surface area contributed by atoms with Crippen molar-refractivity contribution in [2.75, 3.05) is 13.1 Å². The molecule has 14 nitrogen and oxygen atoms in total. The van der Waals surface area contributed by atoms with Crippen LogP contribution in [0.2, 0.25) is 0 Å². The predicted molar refractivity (Wildman–Crippen MR) is 124 cm³/mol. The third-order valence-electron chi connectivity index (χ3n) is 3.48. The fourth-order valence-electron chi connectivity index (χ4n) is 2.07. The normalized spacial score (nSPS) is 9.65. The Balaban J connectivity index is -0.000000241. The van der Waals surface area contributed by atoms with E-state index in [0.717, 1.165) is 11.4 Å². The third-order valence-corrected chi connectivity index (χ3v) is 3.48. The Morgan fingerprint density at radius 2 is 1.30 bits per heavy atom. The van der Waals surface area contributed by atoms with Crippen LogP contribution in [0.5, 0.6) is 5.75 Å². The fourth-order valence-corrected chi connectivity index (χ4v) is 2.07. The summed E-state index contributed by atoms with van der Waals surface area (Å²) in [5.41, 5.74) is 6.99. The molecule has 3 rings (SSSR count). The first-order valence-corrected chi connectivity index (χ1v) is 9.42. The monoisotopic (exact) mass is 614 g/mol. The number of rotatable bonds is 5. The van der Waals surface area contributed by atoms with Crippen molar-refractivity contribution >= 4 is 17.5 Å². The van der Waals surface area contributed by atoms with Gasteiger partial charge in [-0.25, -0.2) is 0 Å². The van der Waals surface area contributed by atoms with Crippen molar-refractivity contribution in [1.82, 2.24) is 9.97 Å². The maximum absolute atomic E-state index is 11.3. The molecule has 16 heteroatoms. The summed E-state index contributed by atoms with van der Waals surface area (Å²) in [4.78, 5) is 23.5. The standard InChI is InChI=1S/C11H15N3O3.C10H8N2.2Cu.NO3.2H2O/c12-6-3-7-13-10(16)11(17)14-8-4-1-2-5-9(8)15;1-3-7-11-9(5-1)10-6-2-4-8-12-10;;;2-1(3)4;;/h1-2,4-5,15H,3,6-7,12H2,(H,13,16)(H,14,17);1-8H;;;;2*1H2/q;;2*+2;-1;;/p-3. The molecule has 1 aromatic carbocycles. The molecule has 0 saturated heterocycles. The Morgan fingerprint density at radius 3 is 1.70 bits per heavy atom. The Hall–Kier alpha value is -3.62. The van der Waals surface area contributed by atoms with E-state index in [1.165, 1.54) is 18.2 Å². The number of aliphatic imine (C=N–C) groups is 2. The van der Waals surface area contributed by atoms with Crippen molar-refractivity contribution in [3.8, 4) is 17.1 Å². The zero-order valence-corrected chi connectivity index (χ0v) is 20.8. The Kier molecular flexibility index (Phi) is 26.4. The Morgan fingerprint density at radius 1 is 0.838 bits per heavy atom. The predicted octanol–water partition coefficient (Wildman–Crippen LogP) is -1.49. The first-order chi connectivity index (χ1) is 15.8. The molecule has 0 aliphatic carbocycles. The molecule has 0 bridgehead atoms. The van der Waals surface area contributed by atoms with Crippen molar-refractivity contribution < 1.29 is 65.5 Å². The molecule has 0 atom stereocenters. The summed E-state index contributed by atoms with van der Waals surface area (Å²) in [5, 5.41) is 48.4. The molecule has 2 aromatic heterocycles. The number of hydrogen-bond donors (Lipinski definition) is 1. The summed E-state index contributed by atoms with van der Waals surface area (Å²) in [7, 11) is 0. The van der Waals surface area contributed by atoms with Crippen LogP contribution in [-0.2, 0) is 34.1 Å². The quantitative estimate of drug-likeness (QED) is 0.0872. The zero-order chi connectivity index (χ0) is 24.5. The average Bonchev–Trinajstić information content (AvgIpc) is 2.82. The van der Waals surface area contributed by atoms with Gasteiger partial charge in [-0.1, -0.05) is 36.1 Å². The number of hydrogen-bond acceptors (Lipinski definition) is 11. The van der Waals surface area contributed by atoms with E-state index in [1.807, 2.05) is 36.4 Å². The number of aromatic nitrogens is 2. The van der Waals surface area contributed by atoms with Crippen LogP contribution < -0.4 is 21.1 Å². The molecule has 37 heavy (non-hydrogen) atoms. The SMILES string of the molecule is NCCCN=C([O-])C([O-])=Nc1ccccc1[O-].O.O.O=[N+]([O-])[O-].[Cu+2].[Cu+2].c1ccc(-c2ccccn2)nc1. The molecule has 2 radical (unpaired) electrons. The van der Waals surface area contributed by atoms with E-state index in [2.05, 4.69) is 20.0 Å². The van der Waals surface area contributed by atoms with Crippen molar-refractivity contribution in [1.29, 1.82) is 0 Å². The van der Waals surface area contributed by atoms with Gasteiger partial charge < -0.3 is 52.3 Å². The van der Waals surface area contributed by atoms with Crippen LogP contribution in [0.3, 0.4) is 0 Å². The van der Waals surface area contributed by atoms with Crippen LogP contribution in [0, 0.1) is 15.3 Å². The van der Waals surface area contributed by atoms with Gasteiger partial charge in [-0.05, 0) is 55.1 Å². The minimum absolute atomic E-state index is 0. The maximum Gasteiger partial charge on any atom is 2.00 e. The largest absolute Gasteiger partial charge is 2.00 e. The summed E-state index contributed by atoms with van der Waals surface area (Å²) >= 11 is 0. The molecule has 3 aromatic rings. The molecule has 0 aliphatic heterocycles. The first kappa shape index (κ1) is 40.5. The van der Waals surface area contributed by atoms with E-state index in [9.17, 15) is 15.3 Å². The fraction of sp³-hybridized carbons (Fsp3) is 0.143. The van der Waals surface area contributed by atoms with E-state index in [-0.39, 0.29) is 57.3 Å². The zero-order valence-electron chi connectivity index (χ0n) is 18.9. The van der Waals surface area contributed by atoms with Gasteiger partial charge in [0, 0.05) is 18.9 Å². The van der Waals surface area contributed by atoms with Crippen LogP contribution in [0.4, 0.5) is 5.69 Å². The van der Waals surface area contributed by atoms with Gasteiger partial charge in [0.1, 0.15) is 0 Å². The average molecular weight is 616 g/mol. The number of nitrogens with zero attached hydrogens (tertiary/aromatic N) is 5. The maximum atomic E-state index is 11.3. The van der Waals surface area contributed by atoms with E-state index in [1.54, 1.807) is 18.5 Å². The molecule has 2 heterocycles. The van der Waals surface area contributed by atoms with Crippen molar-refractivity contribution in [2.45, 2.75) is 6.42 Å². The smallest absolute Gasteiger partial charge is 0.871 e. The molecule has 0 aliphatic rings. The minimum atomic E-state index is -1.75. The van der Waals surface area contributed by atoms with Crippen molar-refractivity contribution in [3.05, 3.63) is 88.4 Å². The molecule has 0 amide bonds. The van der Waals surface area contributed by atoms with Gasteiger partial charge in [0.25, 0.3) is 0 Å². The molecular formula is C21H24Cu2N6O8. The van der Waals surface area contributed by atoms with Gasteiger partial charge in [0.05, 0.1) is 22.2 Å². The molecular weight excluding hydrogens is 591 g/mol. The van der Waals surface area contributed by atoms with Gasteiger partial charge in [0.15, 0.2) is 0 Å². The molecule has 0 spiro atoms. The van der Waals surface area contributed by atoms with Crippen LogP contribution in [0.15, 0.2) is 83.0 Å². The molecule has 208 valence electrons. The van der Waals surface area contributed by atoms with Crippen LogP contribution >= 0.6 is 0 Å². The van der Waals surface area contributed by atoms with Gasteiger partial charge in [0.2, 0.25) is 0 Å². The van der Waals surface area contributed by atoms with Crippen LogP contribution in [-0.4, -0.2) is 50.9 Å². The Labute approximate surface area is 233 Å². The van der Waals surface area contributed by atoms with Crippen molar-refractivity contribution in [2.24, 2.45) is 15.7 Å². The van der Waals surface area contributed by atoms with Gasteiger partial charge in [-0.3, -0.25) is 15.0 Å². The second kappa shape index (κ2) is 24.1. The van der Waals surface area contributed by atoms with Gasteiger partial charge in [-0.2, -0.15) is 0 Å². The second-order valence-corrected chi connectivity index (χ2v) is 5.87. The molecule has 0 fully saturated rings. The number of benzene rings is 1. The van der Waals surface area contributed by atoms with E-state index in [4.69, 9.17) is 21.1 Å². The van der Waals surface area contributed by atoms with Crippen LogP contribution in [0.25, 0.3) is 11.4 Å².